The van der Waals surface area contributed by atoms with Crippen LogP contribution in [0.15, 0.2) is 53.9 Å². The molecule has 0 aliphatic rings. The highest BCUT2D eigenvalue weighted by atomic mass is 32.1. The number of aliphatic hydroxyl groups excluding tert-OH is 1. The van der Waals surface area contributed by atoms with E-state index < -0.39 is 6.10 Å². The van der Waals surface area contributed by atoms with Gasteiger partial charge in [-0.1, -0.05) is 42.5 Å². The van der Waals surface area contributed by atoms with E-state index in [0.717, 1.165) is 22.1 Å². The Balaban J connectivity index is 2.03. The van der Waals surface area contributed by atoms with Crippen molar-refractivity contribution in [1.29, 1.82) is 0 Å². The van der Waals surface area contributed by atoms with E-state index in [0.29, 0.717) is 6.61 Å². The van der Waals surface area contributed by atoms with E-state index in [4.69, 9.17) is 4.74 Å². The average molecular weight is 284 g/mol. The minimum absolute atomic E-state index is 0.533. The summed E-state index contributed by atoms with van der Waals surface area (Å²) in [6, 6.07) is 16.1. The second-order valence-electron chi connectivity index (χ2n) is 4.75. The van der Waals surface area contributed by atoms with E-state index in [9.17, 15) is 5.11 Å². The number of benzene rings is 2. The zero-order chi connectivity index (χ0) is 13.9. The Morgan fingerprint density at radius 3 is 2.70 bits per heavy atom. The predicted molar refractivity (Wildman–Crippen MR) is 83.2 cm³/mol. The summed E-state index contributed by atoms with van der Waals surface area (Å²) in [5, 5.41) is 14.2. The van der Waals surface area contributed by atoms with E-state index in [-0.39, 0.29) is 0 Å². The molecule has 1 N–H and O–H groups in total. The quantitative estimate of drug-likeness (QED) is 0.762. The van der Waals surface area contributed by atoms with Crippen molar-refractivity contribution in [3.63, 3.8) is 0 Å². The molecule has 102 valence electrons. The Hall–Kier alpha value is -1.84. The van der Waals surface area contributed by atoms with E-state index in [1.165, 1.54) is 4.88 Å². The standard InChI is InChI=1S/C17H16O2S/c1-12(18)15-9-8-13-5-2-3-7-16(13)17(15)19-11-14-6-4-10-20-14/h2-10,12,18H,11H2,1H3/t12-/m0/s1. The summed E-state index contributed by atoms with van der Waals surface area (Å²) in [6.07, 6.45) is -0.544. The van der Waals surface area contributed by atoms with Gasteiger partial charge in [0.1, 0.15) is 12.4 Å². The van der Waals surface area contributed by atoms with Crippen molar-refractivity contribution in [3.8, 4) is 5.75 Å². The number of thiophene rings is 1. The highest BCUT2D eigenvalue weighted by molar-refractivity contribution is 7.09. The van der Waals surface area contributed by atoms with Crippen molar-refractivity contribution >= 4 is 22.1 Å². The van der Waals surface area contributed by atoms with Crippen molar-refractivity contribution in [2.45, 2.75) is 19.6 Å². The summed E-state index contributed by atoms with van der Waals surface area (Å²) in [6.45, 7) is 2.30. The fourth-order valence-electron chi connectivity index (χ4n) is 2.29. The Morgan fingerprint density at radius 2 is 1.95 bits per heavy atom. The molecule has 0 aliphatic carbocycles. The molecule has 1 heterocycles. The van der Waals surface area contributed by atoms with Gasteiger partial charge >= 0.3 is 0 Å². The lowest BCUT2D eigenvalue weighted by atomic mass is 10.0. The third kappa shape index (κ3) is 2.55. The molecule has 3 aromatic rings. The van der Waals surface area contributed by atoms with Crippen LogP contribution in [0.5, 0.6) is 5.75 Å². The van der Waals surface area contributed by atoms with Crippen LogP contribution in [0.25, 0.3) is 10.8 Å². The van der Waals surface area contributed by atoms with E-state index in [2.05, 4.69) is 12.1 Å². The highest BCUT2D eigenvalue weighted by Crippen LogP contribution is 2.34. The maximum Gasteiger partial charge on any atom is 0.133 e. The average Bonchev–Trinajstić information content (AvgIpc) is 2.97. The summed E-state index contributed by atoms with van der Waals surface area (Å²) in [4.78, 5) is 1.18. The van der Waals surface area contributed by atoms with Gasteiger partial charge in [-0.3, -0.25) is 0 Å². The number of ether oxygens (including phenoxy) is 1. The molecule has 0 amide bonds. The number of hydrogen-bond donors (Lipinski definition) is 1. The van der Waals surface area contributed by atoms with Gasteiger partial charge in [-0.25, -0.2) is 0 Å². The molecule has 0 saturated heterocycles. The lowest BCUT2D eigenvalue weighted by molar-refractivity contribution is 0.191. The van der Waals surface area contributed by atoms with Crippen LogP contribution in [0, 0.1) is 0 Å². The normalized spacial score (nSPS) is 12.5. The number of hydrogen-bond acceptors (Lipinski definition) is 3. The molecule has 0 bridgehead atoms. The van der Waals surface area contributed by atoms with Crippen LogP contribution in [0.4, 0.5) is 0 Å². The Morgan fingerprint density at radius 1 is 1.10 bits per heavy atom. The molecule has 1 aromatic heterocycles. The fraction of sp³-hybridized carbons (Fsp3) is 0.176. The maximum absolute atomic E-state index is 9.94. The summed E-state index contributed by atoms with van der Waals surface area (Å²) < 4.78 is 6.01. The molecule has 2 nitrogen and oxygen atoms in total. The number of rotatable bonds is 4. The van der Waals surface area contributed by atoms with Gasteiger partial charge in [0.2, 0.25) is 0 Å². The first-order valence-corrected chi connectivity index (χ1v) is 7.48. The molecular weight excluding hydrogens is 268 g/mol. The Kier molecular flexibility index (Phi) is 3.72. The van der Waals surface area contributed by atoms with Crippen molar-refractivity contribution in [1.82, 2.24) is 0 Å². The van der Waals surface area contributed by atoms with Crippen molar-refractivity contribution in [2.75, 3.05) is 0 Å². The summed E-state index contributed by atoms with van der Waals surface area (Å²) in [7, 11) is 0. The van der Waals surface area contributed by atoms with E-state index in [1.807, 2.05) is 41.8 Å². The third-order valence-electron chi connectivity index (χ3n) is 3.30. The zero-order valence-electron chi connectivity index (χ0n) is 11.2. The fourth-order valence-corrected chi connectivity index (χ4v) is 2.90. The van der Waals surface area contributed by atoms with Crippen molar-refractivity contribution in [2.24, 2.45) is 0 Å². The van der Waals surface area contributed by atoms with Crippen LogP contribution in [0.3, 0.4) is 0 Å². The minimum Gasteiger partial charge on any atom is -0.487 e. The van der Waals surface area contributed by atoms with Gasteiger partial charge in [-0.2, -0.15) is 0 Å². The molecule has 3 heteroatoms. The first-order valence-electron chi connectivity index (χ1n) is 6.60. The molecule has 0 spiro atoms. The van der Waals surface area contributed by atoms with Gasteiger partial charge in [0.25, 0.3) is 0 Å². The molecule has 1 atom stereocenters. The molecule has 0 fully saturated rings. The molecule has 0 saturated carbocycles. The smallest absolute Gasteiger partial charge is 0.133 e. The lowest BCUT2D eigenvalue weighted by Crippen LogP contribution is -2.01. The largest absolute Gasteiger partial charge is 0.487 e. The van der Waals surface area contributed by atoms with Crippen LogP contribution in [0.2, 0.25) is 0 Å². The van der Waals surface area contributed by atoms with Gasteiger partial charge in [-0.15, -0.1) is 11.3 Å². The monoisotopic (exact) mass is 284 g/mol. The van der Waals surface area contributed by atoms with Gasteiger partial charge < -0.3 is 9.84 Å². The van der Waals surface area contributed by atoms with Gasteiger partial charge in [0.15, 0.2) is 0 Å². The first kappa shape index (κ1) is 13.2. The molecule has 0 radical (unpaired) electrons. The molecule has 0 unspecified atom stereocenters. The highest BCUT2D eigenvalue weighted by Gasteiger charge is 2.13. The number of aliphatic hydroxyl groups is 1. The molecular formula is C17H16O2S. The molecule has 2 aromatic carbocycles. The number of fused-ring (bicyclic) bond motifs is 1. The van der Waals surface area contributed by atoms with Crippen molar-refractivity contribution < 1.29 is 9.84 Å². The maximum atomic E-state index is 9.94. The van der Waals surface area contributed by atoms with Crippen LogP contribution in [-0.4, -0.2) is 5.11 Å². The van der Waals surface area contributed by atoms with E-state index in [1.54, 1.807) is 18.3 Å². The molecule has 3 rings (SSSR count). The topological polar surface area (TPSA) is 29.5 Å². The SMILES string of the molecule is C[C@H](O)c1ccc2ccccc2c1OCc1cccs1. The van der Waals surface area contributed by atoms with Crippen LogP contribution >= 0.6 is 11.3 Å². The summed E-state index contributed by atoms with van der Waals surface area (Å²) in [5.41, 5.74) is 0.834. The third-order valence-corrected chi connectivity index (χ3v) is 4.15. The van der Waals surface area contributed by atoms with Gasteiger partial charge in [0.05, 0.1) is 6.10 Å². The first-order chi connectivity index (χ1) is 9.75. The van der Waals surface area contributed by atoms with Crippen molar-refractivity contribution in [3.05, 3.63) is 64.4 Å². The minimum atomic E-state index is -0.544. The Labute approximate surface area is 122 Å². The second-order valence-corrected chi connectivity index (χ2v) is 5.78. The van der Waals surface area contributed by atoms with Crippen LogP contribution in [0.1, 0.15) is 23.5 Å². The Bertz CT molecular complexity index is 702. The molecule has 0 aliphatic heterocycles. The van der Waals surface area contributed by atoms with Crippen LogP contribution in [-0.2, 0) is 6.61 Å². The van der Waals surface area contributed by atoms with Gasteiger partial charge in [-0.05, 0) is 23.8 Å². The summed E-state index contributed by atoms with van der Waals surface area (Å²) >= 11 is 1.67. The zero-order valence-corrected chi connectivity index (χ0v) is 12.1. The lowest BCUT2D eigenvalue weighted by Gasteiger charge is -2.15. The van der Waals surface area contributed by atoms with E-state index >= 15 is 0 Å². The predicted octanol–water partition coefficient (Wildman–Crippen LogP) is 4.53. The molecule has 20 heavy (non-hydrogen) atoms. The van der Waals surface area contributed by atoms with Gasteiger partial charge in [0, 0.05) is 15.8 Å². The second kappa shape index (κ2) is 5.65. The van der Waals surface area contributed by atoms with Crippen LogP contribution < -0.4 is 4.74 Å². The summed E-state index contributed by atoms with van der Waals surface area (Å²) in [5.74, 6) is 0.784.